The molecule has 0 spiro atoms. The molecule has 0 aliphatic rings. The van der Waals surface area contributed by atoms with Crippen molar-refractivity contribution in [3.8, 4) is 0 Å². The smallest absolute Gasteiger partial charge is 0.305 e. The predicted molar refractivity (Wildman–Crippen MR) is 107 cm³/mol. The number of allylic oxidation sites excluding steroid dienone is 1. The van der Waals surface area contributed by atoms with Crippen molar-refractivity contribution in [1.82, 2.24) is 0 Å². The number of carbonyl (C=O) groups excluding carboxylic acids is 1. The van der Waals surface area contributed by atoms with Crippen molar-refractivity contribution < 1.29 is 14.6 Å². The summed E-state index contributed by atoms with van der Waals surface area (Å²) in [4.78, 5) is 11.2. The molecule has 1 unspecified atom stereocenters. The highest BCUT2D eigenvalue weighted by Crippen LogP contribution is 2.12. The summed E-state index contributed by atoms with van der Waals surface area (Å²) < 4.78 is 4.92. The molecule has 0 saturated heterocycles. The van der Waals surface area contributed by atoms with E-state index < -0.39 is 0 Å². The van der Waals surface area contributed by atoms with E-state index >= 15 is 0 Å². The molecule has 25 heavy (non-hydrogen) atoms. The van der Waals surface area contributed by atoms with Crippen molar-refractivity contribution in [3.05, 3.63) is 12.2 Å². The lowest BCUT2D eigenvalue weighted by Gasteiger charge is -2.04. The first-order chi connectivity index (χ1) is 12.2. The second-order valence-electron chi connectivity index (χ2n) is 7.02. The summed E-state index contributed by atoms with van der Waals surface area (Å²) in [5.41, 5.74) is 0. The van der Waals surface area contributed by atoms with Crippen molar-refractivity contribution in [1.29, 1.82) is 0 Å². The maximum atomic E-state index is 11.2. The lowest BCUT2D eigenvalue weighted by molar-refractivity contribution is -0.143. The van der Waals surface area contributed by atoms with Gasteiger partial charge in [-0.3, -0.25) is 4.79 Å². The second kappa shape index (κ2) is 19.5. The minimum Gasteiger partial charge on any atom is -0.466 e. The third-order valence-electron chi connectivity index (χ3n) is 4.52. The largest absolute Gasteiger partial charge is 0.466 e. The Morgan fingerprint density at radius 1 is 0.880 bits per heavy atom. The summed E-state index contributed by atoms with van der Waals surface area (Å²) in [5, 5.41) is 9.70. The van der Waals surface area contributed by atoms with Gasteiger partial charge in [0, 0.05) is 6.42 Å². The van der Waals surface area contributed by atoms with Gasteiger partial charge in [-0.1, -0.05) is 83.3 Å². The monoisotopic (exact) mass is 354 g/mol. The summed E-state index contributed by atoms with van der Waals surface area (Å²) in [7, 11) is 0. The Kier molecular flexibility index (Phi) is 18.8. The molecular formula is C22H42O3. The number of carbonyl (C=O) groups is 1. The van der Waals surface area contributed by atoms with Crippen LogP contribution in [0.25, 0.3) is 0 Å². The number of esters is 1. The second-order valence-corrected chi connectivity index (χ2v) is 7.02. The molecule has 0 aliphatic carbocycles. The van der Waals surface area contributed by atoms with E-state index in [0.717, 1.165) is 38.5 Å². The van der Waals surface area contributed by atoms with E-state index in [1.54, 1.807) is 0 Å². The van der Waals surface area contributed by atoms with Gasteiger partial charge in [-0.25, -0.2) is 0 Å². The van der Waals surface area contributed by atoms with Crippen LogP contribution in [0.15, 0.2) is 12.2 Å². The van der Waals surface area contributed by atoms with Crippen LogP contribution in [0, 0.1) is 0 Å². The van der Waals surface area contributed by atoms with Gasteiger partial charge in [0.2, 0.25) is 0 Å². The zero-order valence-electron chi connectivity index (χ0n) is 16.8. The van der Waals surface area contributed by atoms with Crippen molar-refractivity contribution in [2.75, 3.05) is 6.61 Å². The van der Waals surface area contributed by atoms with Crippen molar-refractivity contribution in [2.45, 2.75) is 116 Å². The molecule has 0 aromatic carbocycles. The van der Waals surface area contributed by atoms with Crippen molar-refractivity contribution in [2.24, 2.45) is 0 Å². The van der Waals surface area contributed by atoms with E-state index in [2.05, 4.69) is 13.0 Å². The highest BCUT2D eigenvalue weighted by Gasteiger charge is 2.00. The fourth-order valence-electron chi connectivity index (χ4n) is 2.94. The van der Waals surface area contributed by atoms with Crippen molar-refractivity contribution >= 4 is 5.97 Å². The Bertz CT molecular complexity index is 312. The first-order valence-electron chi connectivity index (χ1n) is 10.7. The Hall–Kier alpha value is -0.830. The molecule has 0 aliphatic heterocycles. The van der Waals surface area contributed by atoms with Crippen LogP contribution >= 0.6 is 0 Å². The quantitative estimate of drug-likeness (QED) is 0.177. The van der Waals surface area contributed by atoms with Crippen molar-refractivity contribution in [3.63, 3.8) is 0 Å². The number of hydrogen-bond acceptors (Lipinski definition) is 3. The third kappa shape index (κ3) is 19.3. The topological polar surface area (TPSA) is 46.5 Å². The number of hydrogen-bond donors (Lipinski definition) is 1. The van der Waals surface area contributed by atoms with E-state index in [-0.39, 0.29) is 12.1 Å². The normalized spacial score (nSPS) is 12.6. The van der Waals surface area contributed by atoms with E-state index in [1.165, 1.54) is 51.4 Å². The van der Waals surface area contributed by atoms with Gasteiger partial charge in [-0.2, -0.15) is 0 Å². The minimum atomic E-state index is -0.239. The predicted octanol–water partition coefficient (Wildman–Crippen LogP) is 6.34. The molecule has 0 aromatic rings. The molecule has 0 heterocycles. The van der Waals surface area contributed by atoms with E-state index in [0.29, 0.717) is 13.0 Å². The highest BCUT2D eigenvalue weighted by atomic mass is 16.5. The molecule has 0 radical (unpaired) electrons. The maximum absolute atomic E-state index is 11.2. The summed E-state index contributed by atoms with van der Waals surface area (Å²) in [6.07, 6.45) is 21.2. The van der Waals surface area contributed by atoms with Gasteiger partial charge in [0.15, 0.2) is 0 Å². The fourth-order valence-corrected chi connectivity index (χ4v) is 2.94. The average molecular weight is 355 g/mol. The van der Waals surface area contributed by atoms with Gasteiger partial charge >= 0.3 is 5.97 Å². The zero-order valence-corrected chi connectivity index (χ0v) is 16.8. The lowest BCUT2D eigenvalue weighted by Crippen LogP contribution is -2.03. The maximum Gasteiger partial charge on any atom is 0.305 e. The molecule has 3 nitrogen and oxygen atoms in total. The van der Waals surface area contributed by atoms with Gasteiger partial charge in [0.05, 0.1) is 12.7 Å². The SMILES string of the molecule is CCCCC(O)C=CCCCCCCCCCCCCC(=O)OCC. The Labute approximate surface area is 156 Å². The Morgan fingerprint density at radius 3 is 2.00 bits per heavy atom. The number of unbranched alkanes of at least 4 members (excludes halogenated alkanes) is 11. The van der Waals surface area contributed by atoms with Crippen LogP contribution in [0.3, 0.4) is 0 Å². The Balaban J connectivity index is 3.19. The number of aliphatic hydroxyl groups excluding tert-OH is 1. The van der Waals surface area contributed by atoms with Gasteiger partial charge in [-0.05, 0) is 32.6 Å². The summed E-state index contributed by atoms with van der Waals surface area (Å²) in [5.74, 6) is -0.0483. The van der Waals surface area contributed by atoms with Gasteiger partial charge < -0.3 is 9.84 Å². The number of rotatable bonds is 18. The van der Waals surface area contributed by atoms with Gasteiger partial charge in [-0.15, -0.1) is 0 Å². The van der Waals surface area contributed by atoms with E-state index in [9.17, 15) is 9.90 Å². The molecule has 148 valence electrons. The van der Waals surface area contributed by atoms with Crippen LogP contribution < -0.4 is 0 Å². The molecule has 0 fully saturated rings. The van der Waals surface area contributed by atoms with Crippen LogP contribution in [0.5, 0.6) is 0 Å². The molecular weight excluding hydrogens is 312 g/mol. The summed E-state index contributed by atoms with van der Waals surface area (Å²) >= 11 is 0. The van der Waals surface area contributed by atoms with E-state index in [1.807, 2.05) is 13.0 Å². The molecule has 0 bridgehead atoms. The first-order valence-corrected chi connectivity index (χ1v) is 10.7. The number of ether oxygens (including phenoxy) is 1. The standard InChI is InChI=1S/C22H42O3/c1-3-5-18-21(23)19-16-14-12-10-8-6-7-9-11-13-15-17-20-22(24)25-4-2/h16,19,21,23H,3-15,17-18,20H2,1-2H3. The summed E-state index contributed by atoms with van der Waals surface area (Å²) in [6, 6.07) is 0. The molecule has 0 aromatic heterocycles. The molecule has 0 rings (SSSR count). The van der Waals surface area contributed by atoms with Gasteiger partial charge in [0.1, 0.15) is 0 Å². The zero-order chi connectivity index (χ0) is 18.6. The summed E-state index contributed by atoms with van der Waals surface area (Å²) in [6.45, 7) is 4.51. The molecule has 3 heteroatoms. The highest BCUT2D eigenvalue weighted by molar-refractivity contribution is 5.69. The van der Waals surface area contributed by atoms with Crippen LogP contribution in [-0.4, -0.2) is 23.8 Å². The fraction of sp³-hybridized carbons (Fsp3) is 0.864. The van der Waals surface area contributed by atoms with E-state index in [4.69, 9.17) is 4.74 Å². The lowest BCUT2D eigenvalue weighted by atomic mass is 10.0. The molecule has 0 saturated carbocycles. The van der Waals surface area contributed by atoms with Gasteiger partial charge in [0.25, 0.3) is 0 Å². The average Bonchev–Trinajstić information content (AvgIpc) is 2.60. The van der Waals surface area contributed by atoms with Crippen LogP contribution in [0.2, 0.25) is 0 Å². The minimum absolute atomic E-state index is 0.0483. The third-order valence-corrected chi connectivity index (χ3v) is 4.52. The first kappa shape index (κ1) is 24.2. The molecule has 0 amide bonds. The molecule has 1 N–H and O–H groups in total. The number of aliphatic hydroxyl groups is 1. The van der Waals surface area contributed by atoms with Crippen LogP contribution in [0.1, 0.15) is 110 Å². The van der Waals surface area contributed by atoms with Crippen LogP contribution in [0.4, 0.5) is 0 Å². The Morgan fingerprint density at radius 2 is 1.44 bits per heavy atom. The molecule has 1 atom stereocenters. The van der Waals surface area contributed by atoms with Crippen LogP contribution in [-0.2, 0) is 9.53 Å².